The lowest BCUT2D eigenvalue weighted by Crippen LogP contribution is -2.61. The van der Waals surface area contributed by atoms with Crippen molar-refractivity contribution in [1.29, 1.82) is 0 Å². The lowest BCUT2D eigenvalue weighted by atomic mass is 9.85. The summed E-state index contributed by atoms with van der Waals surface area (Å²) >= 11 is 0. The molecular formula is C29H46N6O6. The Labute approximate surface area is 241 Å². The van der Waals surface area contributed by atoms with Crippen molar-refractivity contribution in [3.05, 3.63) is 34.7 Å². The Morgan fingerprint density at radius 1 is 1.00 bits per heavy atom. The zero-order valence-corrected chi connectivity index (χ0v) is 25.4. The fourth-order valence-corrected chi connectivity index (χ4v) is 4.71. The minimum absolute atomic E-state index is 0.0189. The lowest BCUT2D eigenvalue weighted by molar-refractivity contribution is -0.142. The third-order valence-corrected chi connectivity index (χ3v) is 7.58. The van der Waals surface area contributed by atoms with Gasteiger partial charge in [0.2, 0.25) is 17.6 Å². The van der Waals surface area contributed by atoms with E-state index in [1.807, 2.05) is 55.4 Å². The molecule has 2 rings (SSSR count). The third kappa shape index (κ3) is 9.15. The molecule has 1 aromatic rings. The smallest absolute Gasteiger partial charge is 0.315 e. The van der Waals surface area contributed by atoms with Crippen molar-refractivity contribution in [3.8, 4) is 0 Å². The fourth-order valence-electron chi connectivity index (χ4n) is 4.71. The molecule has 1 aliphatic rings. The SMILES string of the molecule is CC(C)[C@@H]1C[C@@H](C(=O)NCC(=O)C(N)=O)N(C(=O)[C@@H](NC(=O)N[C@H](Cn2ccccc2=O)C(C)(C)C)C(C)(C)C)C1. The highest BCUT2D eigenvalue weighted by atomic mass is 16.2. The molecule has 4 atom stereocenters. The second kappa shape index (κ2) is 13.3. The van der Waals surface area contributed by atoms with Crippen LogP contribution in [0.25, 0.3) is 0 Å². The molecule has 12 heteroatoms. The van der Waals surface area contributed by atoms with E-state index in [4.69, 9.17) is 5.73 Å². The predicted molar refractivity (Wildman–Crippen MR) is 155 cm³/mol. The molecule has 0 aromatic carbocycles. The van der Waals surface area contributed by atoms with Crippen molar-refractivity contribution >= 4 is 29.5 Å². The molecule has 0 radical (unpaired) electrons. The van der Waals surface area contributed by atoms with Crippen LogP contribution in [0.3, 0.4) is 0 Å². The van der Waals surface area contributed by atoms with Gasteiger partial charge in [0.25, 0.3) is 11.5 Å². The van der Waals surface area contributed by atoms with E-state index in [0.717, 1.165) is 0 Å². The second-order valence-electron chi connectivity index (χ2n) is 13.3. The van der Waals surface area contributed by atoms with Gasteiger partial charge in [0.05, 0.1) is 12.6 Å². The second-order valence-corrected chi connectivity index (χ2v) is 13.3. The van der Waals surface area contributed by atoms with Crippen LogP contribution >= 0.6 is 0 Å². The average Bonchev–Trinajstić information content (AvgIpc) is 3.31. The summed E-state index contributed by atoms with van der Waals surface area (Å²) < 4.78 is 1.52. The lowest BCUT2D eigenvalue weighted by Gasteiger charge is -2.37. The number of primary amides is 1. The van der Waals surface area contributed by atoms with E-state index < -0.39 is 65.0 Å². The van der Waals surface area contributed by atoms with Gasteiger partial charge < -0.3 is 31.2 Å². The number of rotatable bonds is 10. The van der Waals surface area contributed by atoms with Gasteiger partial charge in [0.15, 0.2) is 0 Å². The summed E-state index contributed by atoms with van der Waals surface area (Å²) in [6.45, 7) is 15.3. The minimum Gasteiger partial charge on any atom is -0.363 e. The van der Waals surface area contributed by atoms with Crippen molar-refractivity contribution < 1.29 is 24.0 Å². The molecule has 0 spiro atoms. The van der Waals surface area contributed by atoms with E-state index in [1.54, 1.807) is 18.3 Å². The van der Waals surface area contributed by atoms with Crippen LogP contribution < -0.4 is 27.2 Å². The molecule has 0 aliphatic carbocycles. The number of urea groups is 1. The first kappa shape index (κ1) is 33.5. The van der Waals surface area contributed by atoms with Crippen LogP contribution in [-0.2, 0) is 25.7 Å². The molecule has 12 nitrogen and oxygen atoms in total. The maximum Gasteiger partial charge on any atom is 0.315 e. The van der Waals surface area contributed by atoms with Crippen molar-refractivity contribution in [1.82, 2.24) is 25.4 Å². The number of carbonyl (C=O) groups is 5. The number of nitrogens with zero attached hydrogens (tertiary/aromatic N) is 2. The number of Topliss-reactive ketones (excluding diaryl/α,β-unsaturated/α-hetero) is 1. The summed E-state index contributed by atoms with van der Waals surface area (Å²) in [4.78, 5) is 76.9. The van der Waals surface area contributed by atoms with Crippen LogP contribution in [0.2, 0.25) is 0 Å². The zero-order chi connectivity index (χ0) is 31.3. The molecule has 1 saturated heterocycles. The number of likely N-dealkylation sites (tertiary alicyclic amines) is 1. The number of hydrogen-bond acceptors (Lipinski definition) is 6. The van der Waals surface area contributed by atoms with Gasteiger partial charge in [0, 0.05) is 25.4 Å². The van der Waals surface area contributed by atoms with Crippen molar-refractivity contribution in [2.75, 3.05) is 13.1 Å². The van der Waals surface area contributed by atoms with Crippen LogP contribution in [0.4, 0.5) is 4.79 Å². The van der Waals surface area contributed by atoms with Crippen LogP contribution in [-0.4, -0.2) is 70.2 Å². The normalized spacial score (nSPS) is 18.9. The number of amides is 5. The van der Waals surface area contributed by atoms with Gasteiger partial charge in [-0.3, -0.25) is 24.0 Å². The molecule has 228 valence electrons. The van der Waals surface area contributed by atoms with E-state index in [9.17, 15) is 28.8 Å². The fraction of sp³-hybridized carbons (Fsp3) is 0.655. The maximum absolute atomic E-state index is 14.0. The molecule has 1 aliphatic heterocycles. The van der Waals surface area contributed by atoms with E-state index in [0.29, 0.717) is 13.0 Å². The van der Waals surface area contributed by atoms with Crippen LogP contribution in [0.15, 0.2) is 29.2 Å². The number of aromatic nitrogens is 1. The maximum atomic E-state index is 14.0. The highest BCUT2D eigenvalue weighted by Crippen LogP contribution is 2.32. The Kier molecular flexibility index (Phi) is 10.9. The van der Waals surface area contributed by atoms with Gasteiger partial charge in [-0.15, -0.1) is 0 Å². The van der Waals surface area contributed by atoms with Gasteiger partial charge in [-0.25, -0.2) is 4.79 Å². The van der Waals surface area contributed by atoms with E-state index >= 15 is 0 Å². The van der Waals surface area contributed by atoms with E-state index in [2.05, 4.69) is 16.0 Å². The highest BCUT2D eigenvalue weighted by Gasteiger charge is 2.45. The number of ketones is 1. The Morgan fingerprint density at radius 2 is 1.63 bits per heavy atom. The van der Waals surface area contributed by atoms with Gasteiger partial charge in [-0.2, -0.15) is 0 Å². The van der Waals surface area contributed by atoms with Gasteiger partial charge >= 0.3 is 6.03 Å². The number of nitrogens with two attached hydrogens (primary N) is 1. The number of nitrogens with one attached hydrogen (secondary N) is 3. The molecule has 1 aromatic heterocycles. The van der Waals surface area contributed by atoms with E-state index in [1.165, 1.54) is 15.5 Å². The molecule has 0 unspecified atom stereocenters. The molecule has 5 amide bonds. The van der Waals surface area contributed by atoms with Crippen molar-refractivity contribution in [2.24, 2.45) is 28.4 Å². The Bertz CT molecular complexity index is 1200. The summed E-state index contributed by atoms with van der Waals surface area (Å²) in [6, 6.07) is 1.95. The summed E-state index contributed by atoms with van der Waals surface area (Å²) in [5, 5.41) is 8.20. The van der Waals surface area contributed by atoms with Crippen molar-refractivity contribution in [3.63, 3.8) is 0 Å². The molecular weight excluding hydrogens is 528 g/mol. The van der Waals surface area contributed by atoms with Crippen LogP contribution in [0, 0.1) is 22.7 Å². The van der Waals surface area contributed by atoms with Crippen molar-refractivity contribution in [2.45, 2.75) is 86.5 Å². The topological polar surface area (TPSA) is 173 Å². The summed E-state index contributed by atoms with van der Waals surface area (Å²) in [5.41, 5.74) is 3.66. The monoisotopic (exact) mass is 574 g/mol. The summed E-state index contributed by atoms with van der Waals surface area (Å²) in [6.07, 6.45) is 2.03. The minimum atomic E-state index is -1.15. The average molecular weight is 575 g/mol. The quantitative estimate of drug-likeness (QED) is 0.304. The van der Waals surface area contributed by atoms with Gasteiger partial charge in [0.1, 0.15) is 12.1 Å². The molecule has 5 N–H and O–H groups in total. The largest absolute Gasteiger partial charge is 0.363 e. The van der Waals surface area contributed by atoms with E-state index in [-0.39, 0.29) is 23.9 Å². The molecule has 2 heterocycles. The number of pyridine rings is 1. The molecule has 1 fully saturated rings. The summed E-state index contributed by atoms with van der Waals surface area (Å²) in [7, 11) is 0. The Hall–Kier alpha value is -3.70. The first-order chi connectivity index (χ1) is 18.8. The number of hydrogen-bond donors (Lipinski definition) is 4. The standard InChI is InChI=1S/C29H46N6O6/c1-17(2)18-13-19(25(39)31-14-20(36)24(30)38)35(15-18)26(40)23(29(6,7)8)33-27(41)32-21(28(3,4)5)16-34-12-10-9-11-22(34)37/h9-12,17-19,21,23H,13-16H2,1-8H3,(H2,30,38)(H,31,39)(H2,32,33,41)/t18-,19+,21-,23-/m1/s1. The Balaban J connectivity index is 2.27. The highest BCUT2D eigenvalue weighted by molar-refractivity contribution is 6.36. The molecule has 0 bridgehead atoms. The van der Waals surface area contributed by atoms with Crippen LogP contribution in [0.5, 0.6) is 0 Å². The zero-order valence-electron chi connectivity index (χ0n) is 25.4. The van der Waals surface area contributed by atoms with Gasteiger partial charge in [-0.1, -0.05) is 61.5 Å². The van der Waals surface area contributed by atoms with Gasteiger partial charge in [-0.05, 0) is 35.2 Å². The first-order valence-electron chi connectivity index (χ1n) is 14.0. The Morgan fingerprint density at radius 3 is 2.15 bits per heavy atom. The molecule has 0 saturated carbocycles. The first-order valence-corrected chi connectivity index (χ1v) is 14.0. The number of carbonyl (C=O) groups excluding carboxylic acids is 5. The molecule has 41 heavy (non-hydrogen) atoms. The predicted octanol–water partition coefficient (Wildman–Crippen LogP) is 1.02. The third-order valence-electron chi connectivity index (χ3n) is 7.58. The van der Waals surface area contributed by atoms with Crippen LogP contribution in [0.1, 0.15) is 61.8 Å². The summed E-state index contributed by atoms with van der Waals surface area (Å²) in [5.74, 6) is -2.89.